The van der Waals surface area contributed by atoms with Crippen LogP contribution in [0.1, 0.15) is 61.6 Å². The molecule has 5 heteroatoms. The Hall–Kier alpha value is -2.56. The molecule has 152 valence electrons. The number of anilines is 1. The van der Waals surface area contributed by atoms with Crippen molar-refractivity contribution >= 4 is 11.7 Å². The van der Waals surface area contributed by atoms with E-state index in [0.717, 1.165) is 18.7 Å². The van der Waals surface area contributed by atoms with E-state index in [1.165, 1.54) is 43.4 Å². The number of pyridine rings is 1. The number of hydrogen-bond acceptors (Lipinski definition) is 2. The summed E-state index contributed by atoms with van der Waals surface area (Å²) in [5, 5.41) is 3.03. The molecule has 29 heavy (non-hydrogen) atoms. The number of amides is 2. The molecule has 2 unspecified atom stereocenters. The average molecular weight is 392 g/mol. The lowest BCUT2D eigenvalue weighted by Crippen LogP contribution is -2.50. The average Bonchev–Trinajstić information content (AvgIpc) is 2.75. The van der Waals surface area contributed by atoms with Crippen LogP contribution in [0.4, 0.5) is 10.5 Å². The highest BCUT2D eigenvalue weighted by atomic mass is 16.2. The zero-order valence-electron chi connectivity index (χ0n) is 16.8. The van der Waals surface area contributed by atoms with Crippen molar-refractivity contribution in [3.63, 3.8) is 0 Å². The smallest absolute Gasteiger partial charge is 0.321 e. The number of para-hydroxylation sites is 1. The number of aromatic nitrogens is 1. The van der Waals surface area contributed by atoms with Crippen LogP contribution in [0.2, 0.25) is 0 Å². The zero-order chi connectivity index (χ0) is 19.8. The Bertz CT molecular complexity index is 946. The van der Waals surface area contributed by atoms with E-state index >= 15 is 0 Å². The number of benzene rings is 1. The third-order valence-corrected chi connectivity index (χ3v) is 6.98. The molecule has 1 saturated heterocycles. The fraction of sp³-hybridized carbons (Fsp3) is 0.500. The van der Waals surface area contributed by atoms with Gasteiger partial charge in [0.1, 0.15) is 0 Å². The van der Waals surface area contributed by atoms with Gasteiger partial charge in [-0.15, -0.1) is 0 Å². The molecule has 1 aromatic carbocycles. The van der Waals surface area contributed by atoms with E-state index in [1.807, 2.05) is 39.8 Å². The molecular weight excluding hydrogens is 362 g/mol. The van der Waals surface area contributed by atoms with Gasteiger partial charge in [-0.25, -0.2) is 4.79 Å². The Morgan fingerprint density at radius 2 is 1.69 bits per heavy atom. The van der Waals surface area contributed by atoms with Crippen LogP contribution in [-0.2, 0) is 6.54 Å². The molecule has 1 saturated carbocycles. The molecule has 2 atom stereocenters. The van der Waals surface area contributed by atoms with E-state index < -0.39 is 0 Å². The van der Waals surface area contributed by atoms with Crippen molar-refractivity contribution in [2.75, 3.05) is 18.4 Å². The summed E-state index contributed by atoms with van der Waals surface area (Å²) in [5.74, 6) is 1.17. The predicted molar refractivity (Wildman–Crippen MR) is 114 cm³/mol. The van der Waals surface area contributed by atoms with Crippen LogP contribution in [-0.4, -0.2) is 28.6 Å². The maximum Gasteiger partial charge on any atom is 0.321 e. The highest BCUT2D eigenvalue weighted by Crippen LogP contribution is 2.42. The number of fused-ring (bicyclic) bond motifs is 4. The summed E-state index contributed by atoms with van der Waals surface area (Å²) in [5.41, 5.74) is 3.54. The summed E-state index contributed by atoms with van der Waals surface area (Å²) in [6.45, 7) is 2.15. The van der Waals surface area contributed by atoms with Gasteiger partial charge in [0.2, 0.25) is 0 Å². The third kappa shape index (κ3) is 3.59. The predicted octanol–water partition coefficient (Wildman–Crippen LogP) is 4.55. The number of likely N-dealkylation sites (tertiary alicyclic amines) is 1. The number of rotatable bonds is 2. The largest absolute Gasteiger partial charge is 0.324 e. The van der Waals surface area contributed by atoms with Gasteiger partial charge in [0, 0.05) is 43.0 Å². The summed E-state index contributed by atoms with van der Waals surface area (Å²) >= 11 is 0. The first-order valence-corrected chi connectivity index (χ1v) is 11.0. The van der Waals surface area contributed by atoms with E-state index in [1.54, 1.807) is 6.07 Å². The zero-order valence-corrected chi connectivity index (χ0v) is 16.8. The van der Waals surface area contributed by atoms with Crippen molar-refractivity contribution < 1.29 is 4.79 Å². The number of urea groups is 1. The molecule has 0 radical (unpaired) electrons. The number of carbonyl (C=O) groups excluding carboxylic acids is 1. The van der Waals surface area contributed by atoms with Crippen LogP contribution < -0.4 is 10.9 Å². The molecule has 5 nitrogen and oxygen atoms in total. The van der Waals surface area contributed by atoms with Crippen LogP contribution in [0.15, 0.2) is 47.3 Å². The molecule has 5 rings (SSSR count). The number of hydrogen-bond donors (Lipinski definition) is 1. The molecule has 0 spiro atoms. The van der Waals surface area contributed by atoms with Gasteiger partial charge < -0.3 is 14.8 Å². The summed E-state index contributed by atoms with van der Waals surface area (Å²) < 4.78 is 2.04. The summed E-state index contributed by atoms with van der Waals surface area (Å²) in [6, 6.07) is 13.5. The van der Waals surface area contributed by atoms with Crippen molar-refractivity contribution in [1.29, 1.82) is 0 Å². The summed E-state index contributed by atoms with van der Waals surface area (Å²) in [4.78, 5) is 27.5. The van der Waals surface area contributed by atoms with Crippen LogP contribution in [0.5, 0.6) is 0 Å². The molecule has 1 aromatic heterocycles. The molecule has 2 fully saturated rings. The number of nitrogens with one attached hydrogen (secondary N) is 1. The topological polar surface area (TPSA) is 54.3 Å². The monoisotopic (exact) mass is 391 g/mol. The van der Waals surface area contributed by atoms with E-state index in [0.29, 0.717) is 24.9 Å². The van der Waals surface area contributed by atoms with Gasteiger partial charge in [-0.3, -0.25) is 4.79 Å². The van der Waals surface area contributed by atoms with Gasteiger partial charge in [-0.2, -0.15) is 0 Å². The van der Waals surface area contributed by atoms with Gasteiger partial charge in [-0.1, -0.05) is 43.5 Å². The molecular formula is C24H29N3O2. The molecule has 2 bridgehead atoms. The SMILES string of the molecule is O=C(Nc1ccccc1)N1CC2CC(C1)c1c(C3CCCCC3)ccc(=O)n1C2. The first-order valence-electron chi connectivity index (χ1n) is 11.0. The Labute approximate surface area is 171 Å². The number of carbonyl (C=O) groups is 1. The van der Waals surface area contributed by atoms with Crippen molar-refractivity contribution in [1.82, 2.24) is 9.47 Å². The second kappa shape index (κ2) is 7.69. The van der Waals surface area contributed by atoms with Crippen LogP contribution in [0.3, 0.4) is 0 Å². The molecule has 1 aliphatic carbocycles. The van der Waals surface area contributed by atoms with Crippen molar-refractivity contribution in [2.24, 2.45) is 5.92 Å². The standard InChI is InChI=1S/C24H29N3O2/c28-22-12-11-21(18-7-3-1-4-8-18)23-19-13-17(15-27(22)23)14-26(16-19)24(29)25-20-9-5-2-6-10-20/h2,5-6,9-12,17-19H,1,3-4,7-8,13-16H2,(H,25,29). The fourth-order valence-electron chi connectivity index (χ4n) is 5.70. The molecule has 2 aliphatic heterocycles. The van der Waals surface area contributed by atoms with E-state index in [4.69, 9.17) is 0 Å². The minimum Gasteiger partial charge on any atom is -0.324 e. The lowest BCUT2D eigenvalue weighted by atomic mass is 9.76. The molecule has 3 aliphatic rings. The normalized spacial score (nSPS) is 24.1. The van der Waals surface area contributed by atoms with Gasteiger partial charge in [0.05, 0.1) is 0 Å². The third-order valence-electron chi connectivity index (χ3n) is 6.98. The Kier molecular flexibility index (Phi) is 4.90. The van der Waals surface area contributed by atoms with Crippen LogP contribution >= 0.6 is 0 Å². The van der Waals surface area contributed by atoms with Crippen molar-refractivity contribution in [2.45, 2.75) is 56.9 Å². The first kappa shape index (κ1) is 18.5. The van der Waals surface area contributed by atoms with Crippen LogP contribution in [0.25, 0.3) is 0 Å². The van der Waals surface area contributed by atoms with E-state index in [2.05, 4.69) is 11.4 Å². The fourth-order valence-corrected chi connectivity index (χ4v) is 5.70. The van der Waals surface area contributed by atoms with Gasteiger partial charge >= 0.3 is 6.03 Å². The number of piperidine rings is 1. The second-order valence-electron chi connectivity index (χ2n) is 8.96. The quantitative estimate of drug-likeness (QED) is 0.817. The highest BCUT2D eigenvalue weighted by molar-refractivity contribution is 5.89. The summed E-state index contributed by atoms with van der Waals surface area (Å²) in [7, 11) is 0. The Morgan fingerprint density at radius 1 is 0.897 bits per heavy atom. The Balaban J connectivity index is 1.42. The number of nitrogens with zero attached hydrogens (tertiary/aromatic N) is 2. The lowest BCUT2D eigenvalue weighted by molar-refractivity contribution is 0.138. The first-order chi connectivity index (χ1) is 14.2. The molecule has 3 heterocycles. The van der Waals surface area contributed by atoms with Gasteiger partial charge in [0.25, 0.3) is 5.56 Å². The van der Waals surface area contributed by atoms with E-state index in [-0.39, 0.29) is 17.5 Å². The van der Waals surface area contributed by atoms with Gasteiger partial charge in [0.15, 0.2) is 0 Å². The molecule has 2 amide bonds. The van der Waals surface area contributed by atoms with Crippen molar-refractivity contribution in [3.8, 4) is 0 Å². The maximum absolute atomic E-state index is 12.9. The molecule has 2 aromatic rings. The van der Waals surface area contributed by atoms with Crippen molar-refractivity contribution in [3.05, 3.63) is 64.1 Å². The second-order valence-corrected chi connectivity index (χ2v) is 8.96. The summed E-state index contributed by atoms with van der Waals surface area (Å²) in [6.07, 6.45) is 7.41. The maximum atomic E-state index is 12.9. The lowest BCUT2D eigenvalue weighted by Gasteiger charge is -2.44. The van der Waals surface area contributed by atoms with Gasteiger partial charge in [-0.05, 0) is 48.8 Å². The van der Waals surface area contributed by atoms with E-state index in [9.17, 15) is 9.59 Å². The highest BCUT2D eigenvalue weighted by Gasteiger charge is 2.38. The van der Waals surface area contributed by atoms with Crippen LogP contribution in [0, 0.1) is 5.92 Å². The minimum atomic E-state index is -0.0307. The molecule has 1 N–H and O–H groups in total. The Morgan fingerprint density at radius 3 is 2.48 bits per heavy atom. The minimum absolute atomic E-state index is 0.0307.